The predicted molar refractivity (Wildman–Crippen MR) is 79.7 cm³/mol. The lowest BCUT2D eigenvalue weighted by atomic mass is 10.1. The van der Waals surface area contributed by atoms with Gasteiger partial charge in [0.25, 0.3) is 0 Å². The number of ether oxygens (including phenoxy) is 1. The maximum absolute atomic E-state index is 5.78. The lowest BCUT2D eigenvalue weighted by Crippen LogP contribution is -2.02. The Bertz CT molecular complexity index is 733. The van der Waals surface area contributed by atoms with E-state index in [2.05, 4.69) is 33.9 Å². The van der Waals surface area contributed by atoms with E-state index in [-0.39, 0.29) is 0 Å². The molecule has 0 atom stereocenters. The van der Waals surface area contributed by atoms with Crippen molar-refractivity contribution in [1.82, 2.24) is 9.55 Å². The molecular formula is C16H17N3O. The maximum atomic E-state index is 5.78. The summed E-state index contributed by atoms with van der Waals surface area (Å²) >= 11 is 0. The second-order valence-corrected chi connectivity index (χ2v) is 4.67. The van der Waals surface area contributed by atoms with Crippen LogP contribution in [-0.4, -0.2) is 16.7 Å². The van der Waals surface area contributed by atoms with Crippen molar-refractivity contribution in [3.05, 3.63) is 59.9 Å². The molecule has 20 heavy (non-hydrogen) atoms. The van der Waals surface area contributed by atoms with Crippen LogP contribution in [0.5, 0.6) is 5.88 Å². The molecule has 3 aromatic rings. The number of hydrogen-bond acceptors (Lipinski definition) is 3. The van der Waals surface area contributed by atoms with Gasteiger partial charge in [-0.3, -0.25) is 0 Å². The summed E-state index contributed by atoms with van der Waals surface area (Å²) in [4.78, 5) is 4.24. The van der Waals surface area contributed by atoms with Gasteiger partial charge in [-0.2, -0.15) is 0 Å². The molecule has 2 heterocycles. The number of rotatable bonds is 4. The van der Waals surface area contributed by atoms with Crippen molar-refractivity contribution in [3.63, 3.8) is 0 Å². The van der Waals surface area contributed by atoms with Gasteiger partial charge < -0.3 is 15.0 Å². The monoisotopic (exact) mass is 267 g/mol. The first-order valence-corrected chi connectivity index (χ1v) is 6.58. The van der Waals surface area contributed by atoms with E-state index >= 15 is 0 Å². The van der Waals surface area contributed by atoms with E-state index in [0.717, 1.165) is 12.1 Å². The quantitative estimate of drug-likeness (QED) is 0.790. The number of fused-ring (bicyclic) bond motifs is 1. The molecule has 2 N–H and O–H groups in total. The van der Waals surface area contributed by atoms with Gasteiger partial charge in [0.05, 0.1) is 13.7 Å². The van der Waals surface area contributed by atoms with Gasteiger partial charge in [-0.15, -0.1) is 0 Å². The molecule has 0 aliphatic rings. The van der Waals surface area contributed by atoms with E-state index in [9.17, 15) is 0 Å². The Morgan fingerprint density at radius 2 is 2.00 bits per heavy atom. The van der Waals surface area contributed by atoms with Gasteiger partial charge in [-0.25, -0.2) is 4.98 Å². The van der Waals surface area contributed by atoms with Gasteiger partial charge in [0, 0.05) is 35.4 Å². The Kier molecular flexibility index (Phi) is 3.39. The molecule has 4 nitrogen and oxygen atoms in total. The van der Waals surface area contributed by atoms with Crippen molar-refractivity contribution in [1.29, 1.82) is 0 Å². The highest BCUT2D eigenvalue weighted by Crippen LogP contribution is 2.23. The SMILES string of the molecule is COc1ncccc1Cn1ccc2c(CN)cccc21. The summed E-state index contributed by atoms with van der Waals surface area (Å²) in [6, 6.07) is 12.3. The summed E-state index contributed by atoms with van der Waals surface area (Å²) in [6.07, 6.45) is 3.82. The molecule has 0 spiro atoms. The minimum atomic E-state index is 0.553. The fourth-order valence-corrected chi connectivity index (χ4v) is 2.51. The normalized spacial score (nSPS) is 10.9. The van der Waals surface area contributed by atoms with Crippen LogP contribution >= 0.6 is 0 Å². The molecule has 0 radical (unpaired) electrons. The molecule has 0 aliphatic heterocycles. The van der Waals surface area contributed by atoms with Crippen molar-refractivity contribution < 1.29 is 4.74 Å². The fourth-order valence-electron chi connectivity index (χ4n) is 2.51. The van der Waals surface area contributed by atoms with E-state index in [1.54, 1.807) is 13.3 Å². The zero-order chi connectivity index (χ0) is 13.9. The molecule has 2 aromatic heterocycles. The fraction of sp³-hybridized carbons (Fsp3) is 0.188. The van der Waals surface area contributed by atoms with Crippen LogP contribution in [0.1, 0.15) is 11.1 Å². The second kappa shape index (κ2) is 5.35. The van der Waals surface area contributed by atoms with E-state index in [1.165, 1.54) is 16.5 Å². The van der Waals surface area contributed by atoms with Crippen LogP contribution in [0.2, 0.25) is 0 Å². The first-order chi connectivity index (χ1) is 9.83. The number of methoxy groups -OCH3 is 1. The molecule has 0 aliphatic carbocycles. The Labute approximate surface area is 117 Å². The summed E-state index contributed by atoms with van der Waals surface area (Å²) in [7, 11) is 1.64. The van der Waals surface area contributed by atoms with Crippen molar-refractivity contribution in [3.8, 4) is 5.88 Å². The van der Waals surface area contributed by atoms with Crippen molar-refractivity contribution in [2.24, 2.45) is 5.73 Å². The summed E-state index contributed by atoms with van der Waals surface area (Å²) < 4.78 is 7.50. The minimum absolute atomic E-state index is 0.553. The Morgan fingerprint density at radius 3 is 2.80 bits per heavy atom. The van der Waals surface area contributed by atoms with E-state index in [4.69, 9.17) is 10.5 Å². The molecule has 0 unspecified atom stereocenters. The van der Waals surface area contributed by atoms with Crippen LogP contribution in [0.3, 0.4) is 0 Å². The molecule has 0 saturated carbocycles. The molecule has 1 aromatic carbocycles. The summed E-state index contributed by atoms with van der Waals surface area (Å²) in [5, 5.41) is 1.21. The lowest BCUT2D eigenvalue weighted by molar-refractivity contribution is 0.391. The number of pyridine rings is 1. The van der Waals surface area contributed by atoms with E-state index in [0.29, 0.717) is 12.4 Å². The van der Waals surface area contributed by atoms with Gasteiger partial charge in [0.15, 0.2) is 0 Å². The second-order valence-electron chi connectivity index (χ2n) is 4.67. The van der Waals surface area contributed by atoms with Crippen molar-refractivity contribution >= 4 is 10.9 Å². The Morgan fingerprint density at radius 1 is 1.15 bits per heavy atom. The van der Waals surface area contributed by atoms with Crippen LogP contribution < -0.4 is 10.5 Å². The number of nitrogens with zero attached hydrogens (tertiary/aromatic N) is 2. The average Bonchev–Trinajstić information content (AvgIpc) is 2.91. The average molecular weight is 267 g/mol. The van der Waals surface area contributed by atoms with Crippen LogP contribution in [0.25, 0.3) is 10.9 Å². The topological polar surface area (TPSA) is 53.1 Å². The van der Waals surface area contributed by atoms with Gasteiger partial charge in [0.2, 0.25) is 5.88 Å². The number of aromatic nitrogens is 2. The van der Waals surface area contributed by atoms with Crippen LogP contribution in [-0.2, 0) is 13.1 Å². The van der Waals surface area contributed by atoms with Crippen molar-refractivity contribution in [2.75, 3.05) is 7.11 Å². The maximum Gasteiger partial charge on any atom is 0.218 e. The summed E-state index contributed by atoms with van der Waals surface area (Å²) in [5.41, 5.74) is 9.19. The number of benzene rings is 1. The number of nitrogens with two attached hydrogens (primary N) is 1. The molecule has 0 amide bonds. The Balaban J connectivity index is 2.03. The molecule has 102 valence electrons. The Hall–Kier alpha value is -2.33. The largest absolute Gasteiger partial charge is 0.481 e. The third-order valence-corrected chi connectivity index (χ3v) is 3.51. The van der Waals surface area contributed by atoms with Gasteiger partial charge in [-0.1, -0.05) is 18.2 Å². The van der Waals surface area contributed by atoms with Gasteiger partial charge in [0.1, 0.15) is 0 Å². The van der Waals surface area contributed by atoms with Crippen LogP contribution in [0, 0.1) is 0 Å². The van der Waals surface area contributed by atoms with Gasteiger partial charge in [-0.05, 0) is 23.8 Å². The highest BCUT2D eigenvalue weighted by atomic mass is 16.5. The first kappa shape index (κ1) is 12.7. The smallest absolute Gasteiger partial charge is 0.218 e. The minimum Gasteiger partial charge on any atom is -0.481 e. The van der Waals surface area contributed by atoms with E-state index in [1.807, 2.05) is 18.2 Å². The number of hydrogen-bond donors (Lipinski definition) is 1. The highest BCUT2D eigenvalue weighted by molar-refractivity contribution is 5.83. The summed E-state index contributed by atoms with van der Waals surface area (Å²) in [5.74, 6) is 0.671. The zero-order valence-corrected chi connectivity index (χ0v) is 11.4. The van der Waals surface area contributed by atoms with Gasteiger partial charge >= 0.3 is 0 Å². The molecule has 4 heteroatoms. The van der Waals surface area contributed by atoms with Crippen molar-refractivity contribution in [2.45, 2.75) is 13.1 Å². The highest BCUT2D eigenvalue weighted by Gasteiger charge is 2.08. The van der Waals surface area contributed by atoms with E-state index < -0.39 is 0 Å². The van der Waals surface area contributed by atoms with Crippen LogP contribution in [0.15, 0.2) is 48.8 Å². The third kappa shape index (κ3) is 2.14. The zero-order valence-electron chi connectivity index (χ0n) is 11.4. The lowest BCUT2D eigenvalue weighted by Gasteiger charge is -2.09. The molecular weight excluding hydrogens is 250 g/mol. The molecule has 0 bridgehead atoms. The molecule has 3 rings (SSSR count). The predicted octanol–water partition coefficient (Wildman–Crippen LogP) is 2.55. The third-order valence-electron chi connectivity index (χ3n) is 3.51. The molecule has 0 saturated heterocycles. The van der Waals surface area contributed by atoms with Crippen LogP contribution in [0.4, 0.5) is 0 Å². The standard InChI is InChI=1S/C16H17N3O/c1-20-16-13(5-3-8-18-16)11-19-9-7-14-12(10-17)4-2-6-15(14)19/h2-9H,10-11,17H2,1H3. The summed E-state index contributed by atoms with van der Waals surface area (Å²) in [6.45, 7) is 1.28. The molecule has 0 fully saturated rings. The first-order valence-electron chi connectivity index (χ1n) is 6.58.